The van der Waals surface area contributed by atoms with Crippen LogP contribution in [0.15, 0.2) is 28.9 Å². The average molecular weight is 562 g/mol. The predicted octanol–water partition coefficient (Wildman–Crippen LogP) is 4.76. The van der Waals surface area contributed by atoms with E-state index in [1.807, 2.05) is 16.7 Å². The fourth-order valence-corrected chi connectivity index (χ4v) is 5.69. The Hall–Kier alpha value is -2.92. The number of rotatable bonds is 5. The zero-order valence-electron chi connectivity index (χ0n) is 20.4. The Labute approximate surface area is 216 Å². The highest BCUT2D eigenvalue weighted by molar-refractivity contribution is 9.10. The van der Waals surface area contributed by atoms with Crippen molar-refractivity contribution in [2.45, 2.75) is 51.4 Å². The van der Waals surface area contributed by atoms with Crippen LogP contribution in [-0.2, 0) is 11.3 Å². The number of amides is 1. The molecule has 0 spiro atoms. The maximum atomic E-state index is 15.2. The molecule has 0 aliphatic carbocycles. The number of carbonyl (C=O) groups is 1. The highest BCUT2D eigenvalue weighted by atomic mass is 79.9. The number of hydrogen-bond acceptors (Lipinski definition) is 6. The molecular weight excluding hydrogens is 533 g/mol. The lowest BCUT2D eigenvalue weighted by Gasteiger charge is -2.31. The number of nitrogens with zero attached hydrogens (tertiary/aromatic N) is 5. The second-order valence-corrected chi connectivity index (χ2v) is 10.3. The molecule has 0 bridgehead atoms. The van der Waals surface area contributed by atoms with Crippen molar-refractivity contribution in [2.75, 3.05) is 31.7 Å². The van der Waals surface area contributed by atoms with Crippen molar-refractivity contribution in [3.63, 3.8) is 0 Å². The second-order valence-electron chi connectivity index (χ2n) is 9.43. The van der Waals surface area contributed by atoms with Crippen molar-refractivity contribution in [1.82, 2.24) is 19.4 Å². The summed E-state index contributed by atoms with van der Waals surface area (Å²) in [6.07, 6.45) is 2.60. The number of imidazole rings is 1. The molecule has 2 fully saturated rings. The van der Waals surface area contributed by atoms with Gasteiger partial charge in [-0.1, -0.05) is 0 Å². The lowest BCUT2D eigenvalue weighted by molar-refractivity contribution is -0.0286. The van der Waals surface area contributed by atoms with Gasteiger partial charge in [0.2, 0.25) is 0 Å². The molecule has 9 nitrogen and oxygen atoms in total. The fourth-order valence-electron chi connectivity index (χ4n) is 5.29. The highest BCUT2D eigenvalue weighted by Gasteiger charge is 2.30. The summed E-state index contributed by atoms with van der Waals surface area (Å²) in [4.78, 5) is 24.6. The number of pyridine rings is 1. The van der Waals surface area contributed by atoms with E-state index < -0.39 is 18.0 Å². The summed E-state index contributed by atoms with van der Waals surface area (Å²) in [5.41, 5.74) is 1.36. The predicted molar refractivity (Wildman–Crippen MR) is 137 cm³/mol. The first-order valence-corrected chi connectivity index (χ1v) is 12.8. The average Bonchev–Trinajstić information content (AvgIpc) is 3.41. The first-order chi connectivity index (χ1) is 17.3. The molecule has 1 amide bonds. The minimum absolute atomic E-state index is 0.160. The molecule has 2 aliphatic heterocycles. The molecule has 3 atom stereocenters. The van der Waals surface area contributed by atoms with Gasteiger partial charge in [-0.3, -0.25) is 0 Å². The molecule has 36 heavy (non-hydrogen) atoms. The lowest BCUT2D eigenvalue weighted by Crippen LogP contribution is -2.46. The monoisotopic (exact) mass is 561 g/mol. The number of ether oxygens (including phenoxy) is 2. The fraction of sp³-hybridized carbons (Fsp3) is 0.480. The number of morpholine rings is 1. The van der Waals surface area contributed by atoms with Crippen molar-refractivity contribution in [3.8, 4) is 17.1 Å². The molecule has 0 unspecified atom stereocenters. The van der Waals surface area contributed by atoms with Gasteiger partial charge < -0.3 is 28.9 Å². The van der Waals surface area contributed by atoms with Crippen molar-refractivity contribution in [3.05, 3.63) is 34.7 Å². The standard InChI is InChI=1S/C25H29BrFN5O4/c1-14-4-5-15(2)32(14)20-7-6-16(11-28-20)24-29-22-21(27)18(26)10-19(35-3)23(22)31(24)13-17-12-30(25(33)34)8-9-36-17/h6-7,10-11,14-15,17H,4-5,8-9,12-13H2,1-3H3,(H,33,34)/t14-,15-,17-/m0/s1. The third kappa shape index (κ3) is 4.39. The van der Waals surface area contributed by atoms with Crippen LogP contribution in [0.25, 0.3) is 22.4 Å². The third-order valence-corrected chi connectivity index (χ3v) is 7.69. The first-order valence-electron chi connectivity index (χ1n) is 12.0. The third-order valence-electron chi connectivity index (χ3n) is 7.11. The zero-order valence-corrected chi connectivity index (χ0v) is 22.0. The summed E-state index contributed by atoms with van der Waals surface area (Å²) < 4.78 is 28.8. The van der Waals surface area contributed by atoms with Gasteiger partial charge >= 0.3 is 6.09 Å². The summed E-state index contributed by atoms with van der Waals surface area (Å²) in [5, 5.41) is 9.45. The Morgan fingerprint density at radius 1 is 1.31 bits per heavy atom. The smallest absolute Gasteiger partial charge is 0.407 e. The van der Waals surface area contributed by atoms with Crippen LogP contribution in [0, 0.1) is 5.82 Å². The molecule has 5 rings (SSSR count). The Balaban J connectivity index is 1.59. The molecule has 2 aliphatic rings. The number of halogens is 2. The van der Waals surface area contributed by atoms with Crippen molar-refractivity contribution in [1.29, 1.82) is 0 Å². The Morgan fingerprint density at radius 3 is 2.69 bits per heavy atom. The van der Waals surface area contributed by atoms with Crippen LogP contribution >= 0.6 is 15.9 Å². The van der Waals surface area contributed by atoms with Crippen LogP contribution in [0.4, 0.5) is 15.0 Å². The molecule has 0 saturated carbocycles. The van der Waals surface area contributed by atoms with Gasteiger partial charge in [0, 0.05) is 30.4 Å². The molecule has 1 aromatic carbocycles. The van der Waals surface area contributed by atoms with Gasteiger partial charge in [0.25, 0.3) is 0 Å². The number of carboxylic acid groups (broad SMARTS) is 1. The molecule has 11 heteroatoms. The van der Waals surface area contributed by atoms with Gasteiger partial charge in [0.05, 0.1) is 37.4 Å². The van der Waals surface area contributed by atoms with Gasteiger partial charge in [-0.05, 0) is 60.8 Å². The number of fused-ring (bicyclic) bond motifs is 1. The van der Waals surface area contributed by atoms with E-state index in [2.05, 4.69) is 39.7 Å². The van der Waals surface area contributed by atoms with E-state index >= 15 is 4.39 Å². The van der Waals surface area contributed by atoms with E-state index in [9.17, 15) is 9.90 Å². The van der Waals surface area contributed by atoms with E-state index in [0.717, 1.165) is 24.2 Å². The number of aromatic nitrogens is 3. The molecule has 0 radical (unpaired) electrons. The molecule has 2 aromatic heterocycles. The first kappa shape index (κ1) is 24.8. The van der Waals surface area contributed by atoms with Crippen LogP contribution in [0.3, 0.4) is 0 Å². The molecule has 3 aromatic rings. The SMILES string of the molecule is COc1cc(Br)c(F)c2nc(-c3ccc(N4[C@@H](C)CC[C@@H]4C)nc3)n(C[C@@H]3CN(C(=O)O)CCO3)c12. The van der Waals surface area contributed by atoms with Crippen LogP contribution < -0.4 is 9.64 Å². The van der Waals surface area contributed by atoms with E-state index in [1.165, 1.54) is 12.0 Å². The summed E-state index contributed by atoms with van der Waals surface area (Å²) >= 11 is 3.26. The lowest BCUT2D eigenvalue weighted by atomic mass is 10.2. The summed E-state index contributed by atoms with van der Waals surface area (Å²) in [6.45, 7) is 5.49. The second kappa shape index (κ2) is 9.85. The number of anilines is 1. The van der Waals surface area contributed by atoms with E-state index in [4.69, 9.17) is 14.5 Å². The van der Waals surface area contributed by atoms with Crippen molar-refractivity contribution < 1.29 is 23.8 Å². The van der Waals surface area contributed by atoms with Crippen LogP contribution in [0.5, 0.6) is 5.75 Å². The molecule has 4 heterocycles. The van der Waals surface area contributed by atoms with Gasteiger partial charge in [-0.25, -0.2) is 19.2 Å². The van der Waals surface area contributed by atoms with E-state index in [1.54, 1.807) is 12.3 Å². The van der Waals surface area contributed by atoms with E-state index in [0.29, 0.717) is 42.3 Å². The number of methoxy groups -OCH3 is 1. The topological polar surface area (TPSA) is 93.0 Å². The molecule has 192 valence electrons. The molecule has 2 saturated heterocycles. The Bertz CT molecular complexity index is 1270. The van der Waals surface area contributed by atoms with E-state index in [-0.39, 0.29) is 23.1 Å². The number of hydrogen-bond donors (Lipinski definition) is 1. The largest absolute Gasteiger partial charge is 0.494 e. The normalized spacial score (nSPS) is 22.4. The number of benzene rings is 1. The minimum Gasteiger partial charge on any atom is -0.494 e. The van der Waals surface area contributed by atoms with Crippen molar-refractivity contribution >= 4 is 38.9 Å². The van der Waals surface area contributed by atoms with Crippen LogP contribution in [0.2, 0.25) is 0 Å². The zero-order chi connectivity index (χ0) is 25.6. The van der Waals surface area contributed by atoms with Crippen LogP contribution in [-0.4, -0.2) is 75.6 Å². The Kier molecular flexibility index (Phi) is 6.78. The summed E-state index contributed by atoms with van der Waals surface area (Å²) in [6, 6.07) is 6.33. The maximum Gasteiger partial charge on any atom is 0.407 e. The van der Waals surface area contributed by atoms with Gasteiger partial charge in [0.1, 0.15) is 28.4 Å². The molecular formula is C25H29BrFN5O4. The summed E-state index contributed by atoms with van der Waals surface area (Å²) in [5.74, 6) is 1.37. The Morgan fingerprint density at radius 2 is 2.06 bits per heavy atom. The van der Waals surface area contributed by atoms with Gasteiger partial charge in [-0.15, -0.1) is 0 Å². The summed E-state index contributed by atoms with van der Waals surface area (Å²) in [7, 11) is 1.52. The maximum absolute atomic E-state index is 15.2. The van der Waals surface area contributed by atoms with Crippen molar-refractivity contribution in [2.24, 2.45) is 0 Å². The highest BCUT2D eigenvalue weighted by Crippen LogP contribution is 2.37. The quantitative estimate of drug-likeness (QED) is 0.479. The molecule has 1 N–H and O–H groups in total. The van der Waals surface area contributed by atoms with Gasteiger partial charge in [0.15, 0.2) is 5.82 Å². The van der Waals surface area contributed by atoms with Gasteiger partial charge in [-0.2, -0.15) is 0 Å². The van der Waals surface area contributed by atoms with Crippen LogP contribution in [0.1, 0.15) is 26.7 Å². The minimum atomic E-state index is -0.989.